The van der Waals surface area contributed by atoms with Gasteiger partial charge < -0.3 is 16.2 Å². The first-order valence-electron chi connectivity index (χ1n) is 4.75. The average Bonchev–Trinajstić information content (AvgIpc) is 2.73. The summed E-state index contributed by atoms with van der Waals surface area (Å²) in [6, 6.07) is -0.529. The third-order valence-corrected chi connectivity index (χ3v) is 2.81. The lowest BCUT2D eigenvalue weighted by molar-refractivity contribution is -0.122. The van der Waals surface area contributed by atoms with Gasteiger partial charge in [-0.2, -0.15) is 0 Å². The van der Waals surface area contributed by atoms with Gasteiger partial charge in [-0.3, -0.25) is 4.79 Å². The Bertz CT molecular complexity index is 391. The van der Waals surface area contributed by atoms with E-state index in [1.807, 2.05) is 6.92 Å². The van der Waals surface area contributed by atoms with Crippen molar-refractivity contribution < 1.29 is 14.7 Å². The van der Waals surface area contributed by atoms with Crippen molar-refractivity contribution >= 4 is 23.2 Å². The molecular weight excluding hydrogens is 230 g/mol. The minimum absolute atomic E-state index is 0.00552. The van der Waals surface area contributed by atoms with E-state index in [9.17, 15) is 9.59 Å². The van der Waals surface area contributed by atoms with Crippen LogP contribution in [0, 0.1) is 0 Å². The highest BCUT2D eigenvalue weighted by Gasteiger charge is 2.12. The Kier molecular flexibility index (Phi) is 4.39. The molecule has 1 heterocycles. The molecule has 7 heteroatoms. The van der Waals surface area contributed by atoms with Crippen LogP contribution in [-0.2, 0) is 11.3 Å². The Morgan fingerprint density at radius 1 is 1.69 bits per heavy atom. The molecule has 88 valence electrons. The van der Waals surface area contributed by atoms with Gasteiger partial charge in [0.1, 0.15) is 5.01 Å². The maximum Gasteiger partial charge on any atom is 0.355 e. The van der Waals surface area contributed by atoms with Crippen LogP contribution in [0.3, 0.4) is 0 Å². The van der Waals surface area contributed by atoms with Gasteiger partial charge in [0, 0.05) is 5.38 Å². The number of nitrogens with zero attached hydrogens (tertiary/aromatic N) is 1. The smallest absolute Gasteiger partial charge is 0.355 e. The van der Waals surface area contributed by atoms with Crippen LogP contribution in [0.5, 0.6) is 0 Å². The van der Waals surface area contributed by atoms with E-state index in [-0.39, 0.29) is 18.1 Å². The van der Waals surface area contributed by atoms with Gasteiger partial charge >= 0.3 is 5.97 Å². The number of amides is 1. The number of thiazole rings is 1. The second-order valence-electron chi connectivity index (χ2n) is 3.16. The number of carboxylic acid groups (broad SMARTS) is 1. The van der Waals surface area contributed by atoms with E-state index in [1.165, 1.54) is 16.7 Å². The first kappa shape index (κ1) is 12.6. The maximum absolute atomic E-state index is 11.3. The number of aromatic carboxylic acids is 1. The lowest BCUT2D eigenvalue weighted by Crippen LogP contribution is -2.39. The Hall–Kier alpha value is -1.47. The number of hydrogen-bond donors (Lipinski definition) is 3. The predicted molar refractivity (Wildman–Crippen MR) is 59.2 cm³/mol. The van der Waals surface area contributed by atoms with Crippen molar-refractivity contribution in [3.8, 4) is 0 Å². The molecular formula is C9H13N3O3S. The number of rotatable bonds is 5. The molecule has 0 saturated heterocycles. The third kappa shape index (κ3) is 3.28. The van der Waals surface area contributed by atoms with Crippen LogP contribution in [0.2, 0.25) is 0 Å². The van der Waals surface area contributed by atoms with E-state index in [4.69, 9.17) is 10.8 Å². The van der Waals surface area contributed by atoms with Crippen LogP contribution < -0.4 is 11.1 Å². The van der Waals surface area contributed by atoms with Crippen molar-refractivity contribution in [1.29, 1.82) is 0 Å². The Morgan fingerprint density at radius 3 is 2.88 bits per heavy atom. The second-order valence-corrected chi connectivity index (χ2v) is 4.11. The topological polar surface area (TPSA) is 105 Å². The minimum Gasteiger partial charge on any atom is -0.476 e. The quantitative estimate of drug-likeness (QED) is 0.684. The summed E-state index contributed by atoms with van der Waals surface area (Å²) in [6.45, 7) is 2.03. The maximum atomic E-state index is 11.3. The van der Waals surface area contributed by atoms with Crippen molar-refractivity contribution in [2.24, 2.45) is 5.73 Å². The monoisotopic (exact) mass is 243 g/mol. The number of nitrogens with one attached hydrogen (secondary N) is 1. The van der Waals surface area contributed by atoms with Gasteiger partial charge in [0.05, 0.1) is 12.6 Å². The number of carbonyl (C=O) groups excluding carboxylic acids is 1. The Morgan fingerprint density at radius 2 is 2.38 bits per heavy atom. The molecule has 0 aliphatic carbocycles. The van der Waals surface area contributed by atoms with Gasteiger partial charge in [0.15, 0.2) is 5.69 Å². The molecule has 16 heavy (non-hydrogen) atoms. The number of aromatic nitrogens is 1. The number of nitrogens with two attached hydrogens (primary N) is 1. The second kappa shape index (κ2) is 5.57. The van der Waals surface area contributed by atoms with E-state index in [1.54, 1.807) is 0 Å². The van der Waals surface area contributed by atoms with Gasteiger partial charge in [-0.15, -0.1) is 11.3 Å². The van der Waals surface area contributed by atoms with Crippen molar-refractivity contribution in [1.82, 2.24) is 10.3 Å². The molecule has 0 spiro atoms. The van der Waals surface area contributed by atoms with Crippen molar-refractivity contribution in [2.45, 2.75) is 25.9 Å². The zero-order valence-electron chi connectivity index (χ0n) is 8.77. The first-order valence-corrected chi connectivity index (χ1v) is 5.63. The molecule has 1 rings (SSSR count). The fourth-order valence-corrected chi connectivity index (χ4v) is 1.68. The van der Waals surface area contributed by atoms with Gasteiger partial charge in [0.25, 0.3) is 0 Å². The molecule has 0 radical (unpaired) electrons. The molecule has 0 fully saturated rings. The zero-order valence-corrected chi connectivity index (χ0v) is 9.58. The molecule has 0 aromatic carbocycles. The van der Waals surface area contributed by atoms with E-state index in [0.717, 1.165) is 0 Å². The summed E-state index contributed by atoms with van der Waals surface area (Å²) in [5.41, 5.74) is 5.51. The summed E-state index contributed by atoms with van der Waals surface area (Å²) in [7, 11) is 0. The molecule has 1 atom stereocenters. The summed E-state index contributed by atoms with van der Waals surface area (Å²) in [6.07, 6.45) is 0.560. The highest BCUT2D eigenvalue weighted by Crippen LogP contribution is 2.09. The molecule has 0 aliphatic heterocycles. The number of carboxylic acids is 1. The Balaban J connectivity index is 2.48. The lowest BCUT2D eigenvalue weighted by atomic mass is 10.2. The van der Waals surface area contributed by atoms with Gasteiger partial charge in [0.2, 0.25) is 5.91 Å². The van der Waals surface area contributed by atoms with E-state index < -0.39 is 12.0 Å². The highest BCUT2D eigenvalue weighted by molar-refractivity contribution is 7.09. The fourth-order valence-electron chi connectivity index (χ4n) is 0.970. The Labute approximate surface area is 96.5 Å². The van der Waals surface area contributed by atoms with E-state index in [2.05, 4.69) is 10.3 Å². The largest absolute Gasteiger partial charge is 0.476 e. The highest BCUT2D eigenvalue weighted by atomic mass is 32.1. The van der Waals surface area contributed by atoms with Crippen molar-refractivity contribution in [2.75, 3.05) is 0 Å². The third-order valence-electron chi connectivity index (χ3n) is 1.96. The van der Waals surface area contributed by atoms with Crippen LogP contribution in [-0.4, -0.2) is 28.0 Å². The minimum atomic E-state index is -1.07. The molecule has 4 N–H and O–H groups in total. The zero-order chi connectivity index (χ0) is 12.1. The fraction of sp³-hybridized carbons (Fsp3) is 0.444. The SMILES string of the molecule is CCC(N)C(=O)NCc1nc(C(=O)O)cs1. The summed E-state index contributed by atoms with van der Waals surface area (Å²) in [5, 5.41) is 13.2. The van der Waals surface area contributed by atoms with Gasteiger partial charge in [-0.25, -0.2) is 9.78 Å². The molecule has 1 aromatic heterocycles. The summed E-state index contributed by atoms with van der Waals surface area (Å²) in [5.74, 6) is -1.33. The molecule has 1 unspecified atom stereocenters. The number of hydrogen-bond acceptors (Lipinski definition) is 5. The first-order chi connectivity index (χ1) is 7.54. The molecule has 1 aromatic rings. The molecule has 1 amide bonds. The van der Waals surface area contributed by atoms with Crippen molar-refractivity contribution in [3.63, 3.8) is 0 Å². The summed E-state index contributed by atoms with van der Waals surface area (Å²) >= 11 is 1.19. The average molecular weight is 243 g/mol. The summed E-state index contributed by atoms with van der Waals surface area (Å²) < 4.78 is 0. The van der Waals surface area contributed by atoms with Gasteiger partial charge in [-0.1, -0.05) is 6.92 Å². The summed E-state index contributed by atoms with van der Waals surface area (Å²) in [4.78, 5) is 25.7. The van der Waals surface area contributed by atoms with Crippen molar-refractivity contribution in [3.05, 3.63) is 16.1 Å². The standard InChI is InChI=1S/C9H13N3O3S/c1-2-5(10)8(13)11-3-7-12-6(4-16-7)9(14)15/h4-5H,2-3,10H2,1H3,(H,11,13)(H,14,15). The van der Waals surface area contributed by atoms with E-state index >= 15 is 0 Å². The van der Waals surface area contributed by atoms with Crippen LogP contribution in [0.4, 0.5) is 0 Å². The molecule has 0 saturated carbocycles. The van der Waals surface area contributed by atoms with Crippen LogP contribution in [0.1, 0.15) is 28.8 Å². The number of carbonyl (C=O) groups is 2. The van der Waals surface area contributed by atoms with Crippen LogP contribution >= 0.6 is 11.3 Å². The molecule has 6 nitrogen and oxygen atoms in total. The predicted octanol–water partition coefficient (Wildman–Crippen LogP) is 0.195. The van der Waals surface area contributed by atoms with Crippen LogP contribution in [0.25, 0.3) is 0 Å². The molecule has 0 aliphatic rings. The van der Waals surface area contributed by atoms with Crippen LogP contribution in [0.15, 0.2) is 5.38 Å². The lowest BCUT2D eigenvalue weighted by Gasteiger charge is -2.08. The van der Waals surface area contributed by atoms with Gasteiger partial charge in [-0.05, 0) is 6.42 Å². The normalized spacial score (nSPS) is 12.1. The van der Waals surface area contributed by atoms with E-state index in [0.29, 0.717) is 11.4 Å². The molecule has 0 bridgehead atoms.